The molecule has 2 heterocycles. The van der Waals surface area contributed by atoms with Gasteiger partial charge in [0.25, 0.3) is 0 Å². The molecular formula is C13H21N3. The normalized spacial score (nSPS) is 21.9. The summed E-state index contributed by atoms with van der Waals surface area (Å²) in [6.07, 6.45) is 3.89. The Morgan fingerprint density at radius 3 is 3.06 bits per heavy atom. The highest BCUT2D eigenvalue weighted by Crippen LogP contribution is 2.20. The van der Waals surface area contributed by atoms with Gasteiger partial charge in [0.1, 0.15) is 5.82 Å². The molecule has 0 aromatic carbocycles. The van der Waals surface area contributed by atoms with Crippen LogP contribution in [0, 0.1) is 5.92 Å². The van der Waals surface area contributed by atoms with Crippen molar-refractivity contribution < 1.29 is 0 Å². The van der Waals surface area contributed by atoms with Gasteiger partial charge in [-0.1, -0.05) is 13.0 Å². The number of nitrogens with zero attached hydrogens (tertiary/aromatic N) is 2. The minimum Gasteiger partial charge on any atom is -0.357 e. The van der Waals surface area contributed by atoms with E-state index in [1.807, 2.05) is 6.07 Å². The SMILES string of the molecule is CC1CCCN(c2cccc(CN)n2)CC1. The van der Waals surface area contributed by atoms with Crippen LogP contribution in [0.3, 0.4) is 0 Å². The molecule has 0 amide bonds. The molecular weight excluding hydrogens is 198 g/mol. The molecule has 1 atom stereocenters. The van der Waals surface area contributed by atoms with Crippen molar-refractivity contribution in [3.8, 4) is 0 Å². The third-order valence-electron chi connectivity index (χ3n) is 3.34. The van der Waals surface area contributed by atoms with Gasteiger partial charge in [-0.05, 0) is 37.3 Å². The second-order valence-electron chi connectivity index (χ2n) is 4.71. The van der Waals surface area contributed by atoms with Gasteiger partial charge in [0.05, 0.1) is 5.69 Å². The van der Waals surface area contributed by atoms with E-state index in [0.29, 0.717) is 6.54 Å². The molecule has 0 spiro atoms. The third-order valence-corrected chi connectivity index (χ3v) is 3.34. The Bertz CT molecular complexity index is 338. The molecule has 1 aromatic rings. The zero-order valence-corrected chi connectivity index (χ0v) is 10.0. The van der Waals surface area contributed by atoms with Crippen molar-refractivity contribution in [2.45, 2.75) is 32.7 Å². The van der Waals surface area contributed by atoms with Gasteiger partial charge in [0.2, 0.25) is 0 Å². The van der Waals surface area contributed by atoms with E-state index in [9.17, 15) is 0 Å². The van der Waals surface area contributed by atoms with Crippen LogP contribution in [0.4, 0.5) is 5.82 Å². The molecule has 3 heteroatoms. The van der Waals surface area contributed by atoms with Crippen LogP contribution in [0.5, 0.6) is 0 Å². The van der Waals surface area contributed by atoms with Gasteiger partial charge in [-0.3, -0.25) is 0 Å². The topological polar surface area (TPSA) is 42.1 Å². The summed E-state index contributed by atoms with van der Waals surface area (Å²) in [6.45, 7) is 5.12. The Morgan fingerprint density at radius 1 is 1.38 bits per heavy atom. The number of hydrogen-bond acceptors (Lipinski definition) is 3. The molecule has 2 rings (SSSR count). The Labute approximate surface area is 97.7 Å². The van der Waals surface area contributed by atoms with Gasteiger partial charge in [-0.25, -0.2) is 4.98 Å². The van der Waals surface area contributed by atoms with Gasteiger partial charge in [-0.2, -0.15) is 0 Å². The second kappa shape index (κ2) is 5.30. The Balaban J connectivity index is 2.10. The van der Waals surface area contributed by atoms with Gasteiger partial charge in [0, 0.05) is 19.6 Å². The van der Waals surface area contributed by atoms with E-state index in [1.165, 1.54) is 19.3 Å². The van der Waals surface area contributed by atoms with Crippen LogP contribution in [0.25, 0.3) is 0 Å². The van der Waals surface area contributed by atoms with Crippen LogP contribution < -0.4 is 10.6 Å². The average molecular weight is 219 g/mol. The first kappa shape index (κ1) is 11.4. The number of nitrogens with two attached hydrogens (primary N) is 1. The maximum atomic E-state index is 5.62. The summed E-state index contributed by atoms with van der Waals surface area (Å²) in [5.74, 6) is 1.94. The van der Waals surface area contributed by atoms with Crippen molar-refractivity contribution >= 4 is 5.82 Å². The lowest BCUT2D eigenvalue weighted by atomic mass is 10.0. The van der Waals surface area contributed by atoms with Gasteiger partial charge in [0.15, 0.2) is 0 Å². The lowest BCUT2D eigenvalue weighted by Crippen LogP contribution is -2.25. The molecule has 0 bridgehead atoms. The second-order valence-corrected chi connectivity index (χ2v) is 4.71. The maximum absolute atomic E-state index is 5.62. The third kappa shape index (κ3) is 2.73. The summed E-state index contributed by atoms with van der Waals surface area (Å²) < 4.78 is 0. The van der Waals surface area contributed by atoms with Crippen LogP contribution in [0.15, 0.2) is 18.2 Å². The Kier molecular flexibility index (Phi) is 3.78. The zero-order chi connectivity index (χ0) is 11.4. The van der Waals surface area contributed by atoms with Gasteiger partial charge >= 0.3 is 0 Å². The summed E-state index contributed by atoms with van der Waals surface area (Å²) in [5, 5.41) is 0. The minimum absolute atomic E-state index is 0.526. The van der Waals surface area contributed by atoms with E-state index in [4.69, 9.17) is 5.73 Å². The molecule has 3 nitrogen and oxygen atoms in total. The average Bonchev–Trinajstić information content (AvgIpc) is 2.54. The van der Waals surface area contributed by atoms with Crippen molar-refractivity contribution in [3.63, 3.8) is 0 Å². The molecule has 1 fully saturated rings. The van der Waals surface area contributed by atoms with Gasteiger partial charge in [-0.15, -0.1) is 0 Å². The largest absolute Gasteiger partial charge is 0.357 e. The highest BCUT2D eigenvalue weighted by Gasteiger charge is 2.14. The van der Waals surface area contributed by atoms with Gasteiger partial charge < -0.3 is 10.6 Å². The maximum Gasteiger partial charge on any atom is 0.128 e. The van der Waals surface area contributed by atoms with Crippen LogP contribution in [0.1, 0.15) is 31.9 Å². The molecule has 1 aliphatic rings. The Hall–Kier alpha value is -1.09. The molecule has 1 aliphatic heterocycles. The van der Waals surface area contributed by atoms with E-state index in [-0.39, 0.29) is 0 Å². The van der Waals surface area contributed by atoms with E-state index in [1.54, 1.807) is 0 Å². The van der Waals surface area contributed by atoms with E-state index >= 15 is 0 Å². The molecule has 0 aliphatic carbocycles. The molecule has 1 unspecified atom stereocenters. The highest BCUT2D eigenvalue weighted by molar-refractivity contribution is 5.39. The number of rotatable bonds is 2. The van der Waals surface area contributed by atoms with E-state index in [0.717, 1.165) is 30.5 Å². The molecule has 2 N–H and O–H groups in total. The van der Waals surface area contributed by atoms with Crippen LogP contribution in [0.2, 0.25) is 0 Å². The van der Waals surface area contributed by atoms with Crippen LogP contribution >= 0.6 is 0 Å². The monoisotopic (exact) mass is 219 g/mol. The number of pyridine rings is 1. The minimum atomic E-state index is 0.526. The van der Waals surface area contributed by atoms with Crippen molar-refractivity contribution in [2.75, 3.05) is 18.0 Å². The predicted octanol–water partition coefficient (Wildman–Crippen LogP) is 2.17. The first-order chi connectivity index (χ1) is 7.79. The van der Waals surface area contributed by atoms with Crippen LogP contribution in [-0.4, -0.2) is 18.1 Å². The molecule has 88 valence electrons. The molecule has 0 saturated carbocycles. The Morgan fingerprint density at radius 2 is 2.25 bits per heavy atom. The van der Waals surface area contributed by atoms with Crippen molar-refractivity contribution in [1.82, 2.24) is 4.98 Å². The number of anilines is 1. The fourth-order valence-electron chi connectivity index (χ4n) is 2.25. The standard InChI is InChI=1S/C13H21N3/c1-11-4-3-8-16(9-7-11)13-6-2-5-12(10-14)15-13/h2,5-6,11H,3-4,7-10,14H2,1H3. The predicted molar refractivity (Wildman–Crippen MR) is 67.4 cm³/mol. The summed E-state index contributed by atoms with van der Waals surface area (Å²) in [4.78, 5) is 6.97. The van der Waals surface area contributed by atoms with Crippen molar-refractivity contribution in [2.24, 2.45) is 11.7 Å². The highest BCUT2D eigenvalue weighted by atomic mass is 15.2. The smallest absolute Gasteiger partial charge is 0.128 e. The summed E-state index contributed by atoms with van der Waals surface area (Å²) >= 11 is 0. The van der Waals surface area contributed by atoms with E-state index in [2.05, 4.69) is 28.9 Å². The fraction of sp³-hybridized carbons (Fsp3) is 0.615. The van der Waals surface area contributed by atoms with Crippen molar-refractivity contribution in [3.05, 3.63) is 23.9 Å². The first-order valence-corrected chi connectivity index (χ1v) is 6.20. The van der Waals surface area contributed by atoms with Crippen molar-refractivity contribution in [1.29, 1.82) is 0 Å². The molecule has 1 aromatic heterocycles. The fourth-order valence-corrected chi connectivity index (χ4v) is 2.25. The first-order valence-electron chi connectivity index (χ1n) is 6.20. The lowest BCUT2D eigenvalue weighted by Gasteiger charge is -2.21. The van der Waals surface area contributed by atoms with Crippen LogP contribution in [-0.2, 0) is 6.54 Å². The van der Waals surface area contributed by atoms with E-state index < -0.39 is 0 Å². The molecule has 0 radical (unpaired) electrons. The quantitative estimate of drug-likeness (QED) is 0.829. The number of hydrogen-bond donors (Lipinski definition) is 1. The summed E-state index contributed by atoms with van der Waals surface area (Å²) in [6, 6.07) is 6.14. The molecule has 1 saturated heterocycles. The number of aromatic nitrogens is 1. The summed E-state index contributed by atoms with van der Waals surface area (Å²) in [7, 11) is 0. The zero-order valence-electron chi connectivity index (χ0n) is 10.0. The molecule has 16 heavy (non-hydrogen) atoms. The lowest BCUT2D eigenvalue weighted by molar-refractivity contribution is 0.521. The summed E-state index contributed by atoms with van der Waals surface area (Å²) in [5.41, 5.74) is 6.60.